The molecule has 0 amide bonds. The first kappa shape index (κ1) is 8.12. The molecule has 3 aromatic carbocycles. The minimum atomic E-state index is 1.23. The third-order valence-electron chi connectivity index (χ3n) is 3.26. The van der Waals surface area contributed by atoms with Crippen molar-refractivity contribution in [3.8, 4) is 22.3 Å². The largest absolute Gasteiger partial charge is 0.0610 e. The van der Waals surface area contributed by atoms with Gasteiger partial charge in [-0.25, -0.2) is 0 Å². The molecule has 0 aromatic heterocycles. The van der Waals surface area contributed by atoms with E-state index in [0.29, 0.717) is 0 Å². The van der Waals surface area contributed by atoms with Crippen molar-refractivity contribution in [2.45, 2.75) is 0 Å². The minimum Gasteiger partial charge on any atom is -0.0610 e. The van der Waals surface area contributed by atoms with Crippen molar-refractivity contribution in [2.75, 3.05) is 0 Å². The van der Waals surface area contributed by atoms with Gasteiger partial charge in [0.15, 0.2) is 0 Å². The summed E-state index contributed by atoms with van der Waals surface area (Å²) in [6.07, 6.45) is 0. The number of hydrogen-bond donors (Lipinski definition) is 0. The Morgan fingerprint density at radius 2 is 1.81 bits per heavy atom. The lowest BCUT2D eigenvalue weighted by atomic mass is 10.0. The third kappa shape index (κ3) is 0.849. The molecule has 0 atom stereocenters. The highest BCUT2D eigenvalue weighted by Gasteiger charge is 2.19. The predicted octanol–water partition coefficient (Wildman–Crippen LogP) is 4.09. The highest BCUT2D eigenvalue weighted by atomic mass is 14.2. The van der Waals surface area contributed by atoms with Gasteiger partial charge in [-0.3, -0.25) is 0 Å². The van der Waals surface area contributed by atoms with Gasteiger partial charge in [0.2, 0.25) is 0 Å². The van der Waals surface area contributed by atoms with Gasteiger partial charge >= 0.3 is 0 Å². The topological polar surface area (TPSA) is 0 Å². The van der Waals surface area contributed by atoms with Gasteiger partial charge in [0.25, 0.3) is 0 Å². The maximum Gasteiger partial charge on any atom is -0.00141 e. The highest BCUT2D eigenvalue weighted by molar-refractivity contribution is 6.14. The summed E-state index contributed by atoms with van der Waals surface area (Å²) in [6.45, 7) is 0. The molecule has 2 radical (unpaired) electrons. The van der Waals surface area contributed by atoms with Gasteiger partial charge in [0.05, 0.1) is 0 Å². The maximum absolute atomic E-state index is 3.36. The summed E-state index contributed by atoms with van der Waals surface area (Å²) in [5.74, 6) is 0. The van der Waals surface area contributed by atoms with Gasteiger partial charge in [-0.1, -0.05) is 42.5 Å². The fourth-order valence-corrected chi connectivity index (χ4v) is 2.58. The standard InChI is InChI=1S/C16H8/c1-2-8-13-12(7-1)14-9-3-5-11-6-4-10-15(13)16(11)14/h1,3-8,10H. The van der Waals surface area contributed by atoms with Crippen LogP contribution in [0.3, 0.4) is 0 Å². The lowest BCUT2D eigenvalue weighted by Gasteiger charge is -1.99. The summed E-state index contributed by atoms with van der Waals surface area (Å²) in [7, 11) is 0. The van der Waals surface area contributed by atoms with Crippen molar-refractivity contribution in [3.05, 3.63) is 60.7 Å². The van der Waals surface area contributed by atoms with Crippen molar-refractivity contribution in [1.82, 2.24) is 0 Å². The van der Waals surface area contributed by atoms with Crippen LogP contribution in [0.5, 0.6) is 0 Å². The summed E-state index contributed by atoms with van der Waals surface area (Å²) in [5.41, 5.74) is 5.12. The molecule has 72 valence electrons. The number of benzene rings is 3. The first-order valence-corrected chi connectivity index (χ1v) is 5.39. The van der Waals surface area contributed by atoms with E-state index in [1.54, 1.807) is 0 Å². The van der Waals surface area contributed by atoms with E-state index in [0.717, 1.165) is 0 Å². The van der Waals surface area contributed by atoms with E-state index in [9.17, 15) is 0 Å². The molecule has 0 heteroatoms. The summed E-state index contributed by atoms with van der Waals surface area (Å²) < 4.78 is 0. The van der Waals surface area contributed by atoms with Crippen molar-refractivity contribution < 1.29 is 0 Å². The molecule has 0 bridgehead atoms. The van der Waals surface area contributed by atoms with Crippen LogP contribution in [0.4, 0.5) is 0 Å². The summed E-state index contributed by atoms with van der Waals surface area (Å²) in [5, 5.41) is 2.63. The van der Waals surface area contributed by atoms with Crippen LogP contribution in [0.2, 0.25) is 0 Å². The van der Waals surface area contributed by atoms with Crippen LogP contribution in [0.15, 0.2) is 48.5 Å². The molecule has 0 N–H and O–H groups in total. The maximum atomic E-state index is 3.36. The van der Waals surface area contributed by atoms with Gasteiger partial charge in [0, 0.05) is 0 Å². The fourth-order valence-electron chi connectivity index (χ4n) is 2.58. The quantitative estimate of drug-likeness (QED) is 0.401. The van der Waals surface area contributed by atoms with Crippen LogP contribution < -0.4 is 0 Å². The Labute approximate surface area is 94.2 Å². The van der Waals surface area contributed by atoms with Crippen LogP contribution in [-0.4, -0.2) is 0 Å². The SMILES string of the molecule is [c]1ccc2c(c1)-c1cccc3cc[c]c-2c13. The molecule has 0 unspecified atom stereocenters. The molecule has 16 heavy (non-hydrogen) atoms. The third-order valence-corrected chi connectivity index (χ3v) is 3.26. The van der Waals surface area contributed by atoms with Gasteiger partial charge in [-0.05, 0) is 51.2 Å². The lowest BCUT2D eigenvalue weighted by Crippen LogP contribution is -1.74. The van der Waals surface area contributed by atoms with E-state index in [1.807, 2.05) is 12.1 Å². The molecule has 0 aliphatic heterocycles. The molecule has 1 aliphatic carbocycles. The number of hydrogen-bond acceptors (Lipinski definition) is 0. The molecule has 0 spiro atoms. The molecule has 0 heterocycles. The van der Waals surface area contributed by atoms with Crippen molar-refractivity contribution in [3.63, 3.8) is 0 Å². The summed E-state index contributed by atoms with van der Waals surface area (Å²) in [4.78, 5) is 0. The highest BCUT2D eigenvalue weighted by Crippen LogP contribution is 2.46. The zero-order chi connectivity index (χ0) is 10.5. The van der Waals surface area contributed by atoms with E-state index in [2.05, 4.69) is 48.5 Å². The monoisotopic (exact) mass is 200 g/mol. The molecule has 0 fully saturated rings. The lowest BCUT2D eigenvalue weighted by molar-refractivity contribution is 1.68. The van der Waals surface area contributed by atoms with Crippen molar-refractivity contribution in [1.29, 1.82) is 0 Å². The Morgan fingerprint density at radius 1 is 0.812 bits per heavy atom. The molecular formula is C16H8. The molecule has 1 aliphatic rings. The second kappa shape index (κ2) is 2.73. The second-order valence-corrected chi connectivity index (χ2v) is 4.09. The molecule has 0 nitrogen and oxygen atoms in total. The van der Waals surface area contributed by atoms with E-state index >= 15 is 0 Å². The summed E-state index contributed by atoms with van der Waals surface area (Å²) >= 11 is 0. The average molecular weight is 200 g/mol. The number of rotatable bonds is 0. The van der Waals surface area contributed by atoms with E-state index < -0.39 is 0 Å². The van der Waals surface area contributed by atoms with Gasteiger partial charge in [0.1, 0.15) is 0 Å². The smallest absolute Gasteiger partial charge is 0.00141 e. The van der Waals surface area contributed by atoms with Gasteiger partial charge < -0.3 is 0 Å². The van der Waals surface area contributed by atoms with Gasteiger partial charge in [-0.2, -0.15) is 0 Å². The second-order valence-electron chi connectivity index (χ2n) is 4.09. The Bertz CT molecular complexity index is 650. The minimum absolute atomic E-state index is 1.23. The van der Waals surface area contributed by atoms with Crippen LogP contribution in [0, 0.1) is 12.1 Å². The van der Waals surface area contributed by atoms with Crippen LogP contribution in [-0.2, 0) is 0 Å². The molecule has 3 aromatic rings. The van der Waals surface area contributed by atoms with Crippen LogP contribution in [0.25, 0.3) is 33.0 Å². The zero-order valence-corrected chi connectivity index (χ0v) is 8.62. The first-order chi connectivity index (χ1) is 7.95. The first-order valence-electron chi connectivity index (χ1n) is 5.39. The molecule has 0 saturated heterocycles. The Morgan fingerprint density at radius 3 is 2.81 bits per heavy atom. The van der Waals surface area contributed by atoms with E-state index in [-0.39, 0.29) is 0 Å². The zero-order valence-electron chi connectivity index (χ0n) is 8.62. The normalized spacial score (nSPS) is 11.8. The van der Waals surface area contributed by atoms with Crippen LogP contribution in [0.1, 0.15) is 0 Å². The Kier molecular flexibility index (Phi) is 1.39. The Hall–Kier alpha value is -2.08. The van der Waals surface area contributed by atoms with E-state index in [1.165, 1.54) is 33.0 Å². The predicted molar refractivity (Wildman–Crippen MR) is 66.1 cm³/mol. The average Bonchev–Trinajstić information content (AvgIpc) is 2.68. The molecule has 4 rings (SSSR count). The van der Waals surface area contributed by atoms with Crippen LogP contribution >= 0.6 is 0 Å². The summed E-state index contributed by atoms with van der Waals surface area (Å²) in [6, 6.07) is 23.3. The molecule has 0 saturated carbocycles. The fraction of sp³-hybridized carbons (Fsp3) is 0. The van der Waals surface area contributed by atoms with Crippen molar-refractivity contribution in [2.24, 2.45) is 0 Å². The Balaban J connectivity index is 2.31. The van der Waals surface area contributed by atoms with Gasteiger partial charge in [-0.15, -0.1) is 0 Å². The molecular weight excluding hydrogens is 192 g/mol. The van der Waals surface area contributed by atoms with E-state index in [4.69, 9.17) is 0 Å². The number of fused-ring (bicyclic) bond motifs is 3. The van der Waals surface area contributed by atoms with Crippen molar-refractivity contribution >= 4 is 10.8 Å².